The Kier molecular flexibility index (Phi) is 10.6. The van der Waals surface area contributed by atoms with Gasteiger partial charge in [0.05, 0.1) is 13.0 Å². The summed E-state index contributed by atoms with van der Waals surface area (Å²) in [5.41, 5.74) is 2.70. The fraction of sp³-hybridized carbons (Fsp3) is 0.206. The molecule has 0 bridgehead atoms. The van der Waals surface area contributed by atoms with Crippen LogP contribution in [0.3, 0.4) is 0 Å². The lowest BCUT2D eigenvalue weighted by Crippen LogP contribution is -2.35. The van der Waals surface area contributed by atoms with Crippen molar-refractivity contribution < 1.29 is 33.0 Å². The highest BCUT2D eigenvalue weighted by atomic mass is 19.1. The molecule has 0 fully saturated rings. The predicted molar refractivity (Wildman–Crippen MR) is 159 cm³/mol. The molecule has 0 aromatic heterocycles. The van der Waals surface area contributed by atoms with Gasteiger partial charge in [0, 0.05) is 36.8 Å². The smallest absolute Gasteiger partial charge is 0.305 e. The SMILES string of the molecule is CCOc1ccccc1CCN(CCC(=O)O)C(=O)c1ccccc1-c1ccccc1C(=O)NCc1cc(F)cc(F)c1. The largest absolute Gasteiger partial charge is 0.494 e. The zero-order chi connectivity index (χ0) is 30.8. The van der Waals surface area contributed by atoms with Crippen LogP contribution >= 0.6 is 0 Å². The van der Waals surface area contributed by atoms with Gasteiger partial charge in [-0.15, -0.1) is 0 Å². The first-order valence-electron chi connectivity index (χ1n) is 13.9. The molecule has 0 saturated carbocycles. The summed E-state index contributed by atoms with van der Waals surface area (Å²) in [6, 6.07) is 24.1. The number of nitrogens with zero attached hydrogens (tertiary/aromatic N) is 1. The number of aliphatic carboxylic acids is 1. The number of benzene rings is 4. The fourth-order valence-corrected chi connectivity index (χ4v) is 4.79. The molecule has 0 aliphatic rings. The van der Waals surface area contributed by atoms with Gasteiger partial charge in [0.2, 0.25) is 0 Å². The lowest BCUT2D eigenvalue weighted by Gasteiger charge is -2.24. The van der Waals surface area contributed by atoms with Crippen molar-refractivity contribution in [1.82, 2.24) is 10.2 Å². The number of ether oxygens (including phenoxy) is 1. The number of carboxylic acid groups (broad SMARTS) is 1. The Balaban J connectivity index is 1.61. The third-order valence-electron chi connectivity index (χ3n) is 6.80. The molecule has 0 aliphatic carbocycles. The molecule has 0 heterocycles. The van der Waals surface area contributed by atoms with E-state index in [0.29, 0.717) is 35.5 Å². The van der Waals surface area contributed by atoms with Gasteiger partial charge in [-0.3, -0.25) is 14.4 Å². The van der Waals surface area contributed by atoms with Gasteiger partial charge in [0.25, 0.3) is 11.8 Å². The lowest BCUT2D eigenvalue weighted by atomic mass is 9.94. The Morgan fingerprint density at radius 1 is 0.814 bits per heavy atom. The molecule has 0 saturated heterocycles. The Morgan fingerprint density at radius 2 is 1.42 bits per heavy atom. The van der Waals surface area contributed by atoms with Gasteiger partial charge in [-0.2, -0.15) is 0 Å². The molecule has 4 aromatic rings. The summed E-state index contributed by atoms with van der Waals surface area (Å²) in [6.45, 7) is 2.51. The average molecular weight is 587 g/mol. The van der Waals surface area contributed by atoms with Crippen LogP contribution in [0.1, 0.15) is 45.2 Å². The fourth-order valence-electron chi connectivity index (χ4n) is 4.79. The molecule has 7 nitrogen and oxygen atoms in total. The Hall–Kier alpha value is -5.05. The minimum absolute atomic E-state index is 0.00830. The van der Waals surface area contributed by atoms with E-state index in [4.69, 9.17) is 4.74 Å². The molecule has 9 heteroatoms. The molecule has 43 heavy (non-hydrogen) atoms. The molecule has 2 N–H and O–H groups in total. The highest BCUT2D eigenvalue weighted by molar-refractivity contribution is 6.06. The number of para-hydroxylation sites is 1. The normalized spacial score (nSPS) is 10.7. The highest BCUT2D eigenvalue weighted by Gasteiger charge is 2.23. The first-order valence-corrected chi connectivity index (χ1v) is 13.9. The maximum Gasteiger partial charge on any atom is 0.305 e. The summed E-state index contributed by atoms with van der Waals surface area (Å²) >= 11 is 0. The van der Waals surface area contributed by atoms with Crippen LogP contribution in [0.15, 0.2) is 91.0 Å². The number of carboxylic acids is 1. The number of carbonyl (C=O) groups excluding carboxylic acids is 2. The molecule has 0 atom stereocenters. The summed E-state index contributed by atoms with van der Waals surface area (Å²) in [7, 11) is 0. The zero-order valence-corrected chi connectivity index (χ0v) is 23.7. The van der Waals surface area contributed by atoms with E-state index in [-0.39, 0.29) is 43.1 Å². The second kappa shape index (κ2) is 14.7. The van der Waals surface area contributed by atoms with Gasteiger partial charge >= 0.3 is 5.97 Å². The predicted octanol–water partition coefficient (Wildman–Crippen LogP) is 6.12. The van der Waals surface area contributed by atoms with Gasteiger partial charge in [-0.25, -0.2) is 8.78 Å². The van der Waals surface area contributed by atoms with Gasteiger partial charge in [-0.05, 0) is 65.9 Å². The Bertz CT molecular complexity index is 1590. The maximum absolute atomic E-state index is 14.0. The molecule has 0 spiro atoms. The number of hydrogen-bond acceptors (Lipinski definition) is 4. The molecule has 0 aliphatic heterocycles. The molecule has 2 amide bonds. The number of carbonyl (C=O) groups is 3. The van der Waals surface area contributed by atoms with Crippen molar-refractivity contribution in [2.75, 3.05) is 19.7 Å². The standard InChI is InChI=1S/C34H32F2N2O5/c1-2-43-31-14-8-3-9-24(31)15-17-38(18-16-32(39)40)34(42)30-13-7-5-11-28(30)27-10-4-6-12-29(27)33(41)37-22-23-19-25(35)21-26(36)20-23/h3-14,19-21H,2,15-18,22H2,1H3,(H,37,41)(H,39,40). The van der Waals surface area contributed by atoms with E-state index in [1.165, 1.54) is 4.90 Å². The molecule has 4 rings (SSSR count). The minimum Gasteiger partial charge on any atom is -0.494 e. The number of rotatable bonds is 13. The first-order chi connectivity index (χ1) is 20.8. The second-order valence-corrected chi connectivity index (χ2v) is 9.78. The molecule has 4 aromatic carbocycles. The number of amides is 2. The van der Waals surface area contributed by atoms with Crippen molar-refractivity contribution in [2.24, 2.45) is 0 Å². The van der Waals surface area contributed by atoms with Crippen LogP contribution in [0.4, 0.5) is 8.78 Å². The van der Waals surface area contributed by atoms with E-state index in [9.17, 15) is 28.3 Å². The van der Waals surface area contributed by atoms with Crippen molar-refractivity contribution in [3.05, 3.63) is 125 Å². The van der Waals surface area contributed by atoms with E-state index in [0.717, 1.165) is 23.8 Å². The van der Waals surface area contributed by atoms with Crippen LogP contribution in [0.25, 0.3) is 11.1 Å². The maximum atomic E-state index is 14.0. The van der Waals surface area contributed by atoms with Crippen molar-refractivity contribution in [2.45, 2.75) is 26.3 Å². The van der Waals surface area contributed by atoms with Crippen LogP contribution in [0, 0.1) is 11.6 Å². The molecular weight excluding hydrogens is 554 g/mol. The number of nitrogens with one attached hydrogen (secondary N) is 1. The van der Waals surface area contributed by atoms with E-state index in [2.05, 4.69) is 5.32 Å². The lowest BCUT2D eigenvalue weighted by molar-refractivity contribution is -0.137. The zero-order valence-electron chi connectivity index (χ0n) is 23.7. The molecule has 222 valence electrons. The second-order valence-electron chi connectivity index (χ2n) is 9.78. The van der Waals surface area contributed by atoms with Crippen molar-refractivity contribution >= 4 is 17.8 Å². The third-order valence-corrected chi connectivity index (χ3v) is 6.80. The van der Waals surface area contributed by atoms with Gasteiger partial charge in [0.1, 0.15) is 17.4 Å². The molecule has 0 radical (unpaired) electrons. The van der Waals surface area contributed by atoms with Crippen LogP contribution in [0.2, 0.25) is 0 Å². The van der Waals surface area contributed by atoms with Crippen LogP contribution in [-0.2, 0) is 17.8 Å². The number of halogens is 2. The van der Waals surface area contributed by atoms with Crippen molar-refractivity contribution in [3.63, 3.8) is 0 Å². The van der Waals surface area contributed by atoms with Gasteiger partial charge in [-0.1, -0.05) is 54.6 Å². The summed E-state index contributed by atoms with van der Waals surface area (Å²) in [5.74, 6) is -2.68. The highest BCUT2D eigenvalue weighted by Crippen LogP contribution is 2.29. The van der Waals surface area contributed by atoms with Crippen molar-refractivity contribution in [3.8, 4) is 16.9 Å². The average Bonchev–Trinajstić information content (AvgIpc) is 3.00. The summed E-state index contributed by atoms with van der Waals surface area (Å²) < 4.78 is 33.0. The van der Waals surface area contributed by atoms with E-state index in [1.54, 1.807) is 48.5 Å². The minimum atomic E-state index is -1.03. The third kappa shape index (κ3) is 8.25. The van der Waals surface area contributed by atoms with Gasteiger partial charge < -0.3 is 20.1 Å². The monoisotopic (exact) mass is 586 g/mol. The van der Waals surface area contributed by atoms with Crippen LogP contribution in [0.5, 0.6) is 5.75 Å². The van der Waals surface area contributed by atoms with Crippen LogP contribution < -0.4 is 10.1 Å². The Labute approximate surface area is 248 Å². The summed E-state index contributed by atoms with van der Waals surface area (Å²) in [6.07, 6.45) is 0.212. The Morgan fingerprint density at radius 3 is 2.09 bits per heavy atom. The van der Waals surface area contributed by atoms with E-state index >= 15 is 0 Å². The van der Waals surface area contributed by atoms with Crippen LogP contribution in [-0.4, -0.2) is 47.5 Å². The molecule has 0 unspecified atom stereocenters. The molecular formula is C34H32F2N2O5. The first kappa shape index (κ1) is 30.9. The quantitative estimate of drug-likeness (QED) is 0.197. The van der Waals surface area contributed by atoms with E-state index in [1.807, 2.05) is 31.2 Å². The van der Waals surface area contributed by atoms with Gasteiger partial charge in [0.15, 0.2) is 0 Å². The summed E-state index contributed by atoms with van der Waals surface area (Å²) in [4.78, 5) is 40.2. The van der Waals surface area contributed by atoms with E-state index < -0.39 is 23.5 Å². The summed E-state index contributed by atoms with van der Waals surface area (Å²) in [5, 5.41) is 12.1. The van der Waals surface area contributed by atoms with Crippen molar-refractivity contribution in [1.29, 1.82) is 0 Å². The topological polar surface area (TPSA) is 95.9 Å². The number of hydrogen-bond donors (Lipinski definition) is 2.